The number of amides is 1. The molecule has 170 valence electrons. The van der Waals surface area contributed by atoms with Crippen LogP contribution in [0.25, 0.3) is 0 Å². The van der Waals surface area contributed by atoms with Gasteiger partial charge in [0.25, 0.3) is 0 Å². The molecule has 1 aliphatic rings. The number of nitrogens with zero attached hydrogens (tertiary/aromatic N) is 6. The van der Waals surface area contributed by atoms with Crippen LogP contribution in [-0.2, 0) is 24.3 Å². The number of nitrogens with one attached hydrogen (secondary N) is 2. The Labute approximate surface area is 200 Å². The van der Waals surface area contributed by atoms with Gasteiger partial charge in [-0.25, -0.2) is 4.98 Å². The molecule has 1 amide bonds. The van der Waals surface area contributed by atoms with Crippen LogP contribution in [0.15, 0.2) is 29.6 Å². The van der Waals surface area contributed by atoms with Gasteiger partial charge in [-0.1, -0.05) is 13.0 Å². The van der Waals surface area contributed by atoms with Crippen molar-refractivity contribution in [3.8, 4) is 0 Å². The van der Waals surface area contributed by atoms with E-state index in [9.17, 15) is 4.79 Å². The van der Waals surface area contributed by atoms with Crippen molar-refractivity contribution < 1.29 is 4.79 Å². The number of hydrogen-bond acceptors (Lipinski definition) is 6. The molecule has 1 atom stereocenters. The average Bonchev–Trinajstić information content (AvgIpc) is 3.24. The molecule has 1 unspecified atom stereocenters. The van der Waals surface area contributed by atoms with E-state index in [0.29, 0.717) is 25.6 Å². The molecule has 0 aromatic carbocycles. The molecule has 0 radical (unpaired) electrons. The quantitative estimate of drug-likeness (QED) is 0.258. The summed E-state index contributed by atoms with van der Waals surface area (Å²) in [6.07, 6.45) is 6.16. The van der Waals surface area contributed by atoms with Gasteiger partial charge < -0.3 is 25.8 Å². The molecule has 0 spiro atoms. The Kier molecular flexibility index (Phi) is 9.95. The zero-order valence-electron chi connectivity index (χ0n) is 18.1. The van der Waals surface area contributed by atoms with E-state index in [4.69, 9.17) is 5.73 Å². The third-order valence-electron chi connectivity index (χ3n) is 5.32. The number of primary amides is 1. The summed E-state index contributed by atoms with van der Waals surface area (Å²) in [6, 6.07) is 3.96. The lowest BCUT2D eigenvalue weighted by Crippen LogP contribution is -2.42. The second kappa shape index (κ2) is 12.4. The van der Waals surface area contributed by atoms with Gasteiger partial charge in [0.05, 0.1) is 5.92 Å². The topological polar surface area (TPSA) is 126 Å². The standard InChI is InChI=1S/C20H31N9O.HI/c1-3-17-27-26-14-29(17)11-9-24-20(22-2)25-12-15-6-4-8-23-19(15)28-10-5-7-16(13-28)18(21)30;/h4,6,8,14,16H,3,5,7,9-13H2,1-2H3,(H2,21,30)(H2,22,24,25);1H. The van der Waals surface area contributed by atoms with Crippen molar-refractivity contribution in [3.05, 3.63) is 36.0 Å². The highest BCUT2D eigenvalue weighted by Crippen LogP contribution is 2.24. The molecule has 0 saturated carbocycles. The highest BCUT2D eigenvalue weighted by molar-refractivity contribution is 14.0. The van der Waals surface area contributed by atoms with E-state index in [0.717, 1.165) is 49.6 Å². The zero-order valence-corrected chi connectivity index (χ0v) is 20.5. The third kappa shape index (κ3) is 6.77. The summed E-state index contributed by atoms with van der Waals surface area (Å²) < 4.78 is 2.03. The van der Waals surface area contributed by atoms with E-state index in [1.807, 2.05) is 16.7 Å². The number of aryl methyl sites for hydroxylation is 1. The first-order valence-electron chi connectivity index (χ1n) is 10.4. The Morgan fingerprint density at radius 2 is 2.23 bits per heavy atom. The van der Waals surface area contributed by atoms with E-state index in [1.54, 1.807) is 19.6 Å². The molecule has 1 fully saturated rings. The maximum absolute atomic E-state index is 11.6. The van der Waals surface area contributed by atoms with Crippen molar-refractivity contribution in [2.45, 2.75) is 39.3 Å². The SMILES string of the molecule is CCc1nncn1CCNC(=NC)NCc1cccnc1N1CCCC(C(N)=O)C1.I. The molecular weight excluding hydrogens is 509 g/mol. The fourth-order valence-corrected chi connectivity index (χ4v) is 3.69. The van der Waals surface area contributed by atoms with E-state index in [1.165, 1.54) is 0 Å². The summed E-state index contributed by atoms with van der Waals surface area (Å²) >= 11 is 0. The lowest BCUT2D eigenvalue weighted by molar-refractivity contribution is -0.122. The molecule has 2 aromatic heterocycles. The second-order valence-corrected chi connectivity index (χ2v) is 7.32. The number of pyridine rings is 1. The highest BCUT2D eigenvalue weighted by atomic mass is 127. The van der Waals surface area contributed by atoms with Crippen molar-refractivity contribution in [1.29, 1.82) is 0 Å². The van der Waals surface area contributed by atoms with Gasteiger partial charge in [0.1, 0.15) is 18.0 Å². The van der Waals surface area contributed by atoms with Gasteiger partial charge in [-0.05, 0) is 18.9 Å². The van der Waals surface area contributed by atoms with Crippen molar-refractivity contribution in [2.75, 3.05) is 31.6 Å². The Morgan fingerprint density at radius 1 is 1.39 bits per heavy atom. The van der Waals surface area contributed by atoms with Crippen LogP contribution >= 0.6 is 24.0 Å². The third-order valence-corrected chi connectivity index (χ3v) is 5.32. The molecule has 31 heavy (non-hydrogen) atoms. The minimum atomic E-state index is -0.237. The summed E-state index contributed by atoms with van der Waals surface area (Å²) in [5.74, 6) is 2.21. The largest absolute Gasteiger partial charge is 0.369 e. The molecule has 2 aromatic rings. The fraction of sp³-hybridized carbons (Fsp3) is 0.550. The maximum Gasteiger partial charge on any atom is 0.222 e. The normalized spacial score (nSPS) is 16.5. The molecular formula is C20H32IN9O. The van der Waals surface area contributed by atoms with Gasteiger partial charge in [0.15, 0.2) is 5.96 Å². The molecule has 3 heterocycles. The molecule has 1 saturated heterocycles. The Balaban J connectivity index is 0.00000341. The van der Waals surface area contributed by atoms with Gasteiger partial charge in [-0.2, -0.15) is 0 Å². The van der Waals surface area contributed by atoms with Crippen molar-refractivity contribution in [2.24, 2.45) is 16.6 Å². The van der Waals surface area contributed by atoms with Crippen molar-refractivity contribution in [1.82, 2.24) is 30.4 Å². The molecule has 1 aliphatic heterocycles. The molecule has 11 heteroatoms. The first-order chi connectivity index (χ1) is 14.6. The first-order valence-corrected chi connectivity index (χ1v) is 10.4. The number of aromatic nitrogens is 4. The second-order valence-electron chi connectivity index (χ2n) is 7.32. The van der Waals surface area contributed by atoms with Gasteiger partial charge in [-0.3, -0.25) is 9.79 Å². The molecule has 4 N–H and O–H groups in total. The van der Waals surface area contributed by atoms with E-state index in [-0.39, 0.29) is 35.8 Å². The number of halogens is 1. The van der Waals surface area contributed by atoms with Gasteiger partial charge >= 0.3 is 0 Å². The molecule has 0 aliphatic carbocycles. The molecule has 3 rings (SSSR count). The number of anilines is 1. The first kappa shape index (κ1) is 24.8. The summed E-state index contributed by atoms with van der Waals surface area (Å²) in [5.41, 5.74) is 6.58. The molecule has 0 bridgehead atoms. The van der Waals surface area contributed by atoms with Crippen LogP contribution < -0.4 is 21.3 Å². The van der Waals surface area contributed by atoms with Crippen LogP contribution in [0, 0.1) is 5.92 Å². The Morgan fingerprint density at radius 3 is 2.97 bits per heavy atom. The number of nitrogens with two attached hydrogens (primary N) is 1. The number of rotatable bonds is 8. The lowest BCUT2D eigenvalue weighted by atomic mass is 9.97. The van der Waals surface area contributed by atoms with Crippen LogP contribution in [0.2, 0.25) is 0 Å². The smallest absolute Gasteiger partial charge is 0.222 e. The minimum Gasteiger partial charge on any atom is -0.369 e. The summed E-state index contributed by atoms with van der Waals surface area (Å²) in [7, 11) is 1.75. The predicted molar refractivity (Wildman–Crippen MR) is 131 cm³/mol. The van der Waals surface area contributed by atoms with E-state index in [2.05, 4.69) is 42.6 Å². The summed E-state index contributed by atoms with van der Waals surface area (Å²) in [5, 5.41) is 14.7. The Bertz CT molecular complexity index is 870. The number of carbonyl (C=O) groups is 1. The number of carbonyl (C=O) groups excluding carboxylic acids is 1. The fourth-order valence-electron chi connectivity index (χ4n) is 3.69. The minimum absolute atomic E-state index is 0. The van der Waals surface area contributed by atoms with Crippen LogP contribution in [0.4, 0.5) is 5.82 Å². The Hall–Kier alpha value is -2.44. The van der Waals surface area contributed by atoms with E-state index >= 15 is 0 Å². The van der Waals surface area contributed by atoms with Crippen molar-refractivity contribution in [3.63, 3.8) is 0 Å². The zero-order chi connectivity index (χ0) is 21.3. The van der Waals surface area contributed by atoms with Crippen LogP contribution in [0.5, 0.6) is 0 Å². The van der Waals surface area contributed by atoms with Gasteiger partial charge in [0.2, 0.25) is 5.91 Å². The monoisotopic (exact) mass is 541 g/mol. The van der Waals surface area contributed by atoms with Crippen LogP contribution in [0.3, 0.4) is 0 Å². The van der Waals surface area contributed by atoms with Crippen LogP contribution in [0.1, 0.15) is 31.2 Å². The summed E-state index contributed by atoms with van der Waals surface area (Å²) in [4.78, 5) is 22.7. The average molecular weight is 541 g/mol. The van der Waals surface area contributed by atoms with E-state index < -0.39 is 0 Å². The number of guanidine groups is 1. The van der Waals surface area contributed by atoms with Crippen LogP contribution in [-0.4, -0.2) is 58.3 Å². The molecule has 10 nitrogen and oxygen atoms in total. The van der Waals surface area contributed by atoms with Gasteiger partial charge in [-0.15, -0.1) is 34.2 Å². The maximum atomic E-state index is 11.6. The number of aliphatic imine (C=N–C) groups is 1. The highest BCUT2D eigenvalue weighted by Gasteiger charge is 2.25. The lowest BCUT2D eigenvalue weighted by Gasteiger charge is -2.33. The van der Waals surface area contributed by atoms with Gasteiger partial charge in [0, 0.05) is 58.0 Å². The van der Waals surface area contributed by atoms with Crippen molar-refractivity contribution >= 4 is 41.7 Å². The summed E-state index contributed by atoms with van der Waals surface area (Å²) in [6.45, 7) is 5.60. The predicted octanol–water partition coefficient (Wildman–Crippen LogP) is 0.920. The number of hydrogen-bond donors (Lipinski definition) is 3. The number of piperidine rings is 1.